The zero-order valence-corrected chi connectivity index (χ0v) is 11.3. The van der Waals surface area contributed by atoms with Gasteiger partial charge >= 0.3 is 0 Å². The molecule has 96 valence electrons. The van der Waals surface area contributed by atoms with Crippen molar-refractivity contribution >= 4 is 39.1 Å². The average Bonchev–Trinajstić information content (AvgIpc) is 3.04. The normalized spacial score (nSPS) is 10.8. The lowest BCUT2D eigenvalue weighted by molar-refractivity contribution is 0.0923. The van der Waals surface area contributed by atoms with E-state index in [0.717, 1.165) is 15.8 Å². The lowest BCUT2D eigenvalue weighted by atomic mass is 10.2. The van der Waals surface area contributed by atoms with Gasteiger partial charge in [0.1, 0.15) is 0 Å². The van der Waals surface area contributed by atoms with Crippen molar-refractivity contribution in [2.24, 2.45) is 0 Å². The van der Waals surface area contributed by atoms with Crippen molar-refractivity contribution in [2.75, 3.05) is 0 Å². The van der Waals surface area contributed by atoms with Crippen LogP contribution in [0.5, 0.6) is 0 Å². The monoisotopic (exact) mass is 292 g/mol. The molecule has 0 fully saturated rings. The minimum atomic E-state index is -0.284. The van der Waals surface area contributed by atoms with Gasteiger partial charge in [0.05, 0.1) is 15.7 Å². The first-order chi connectivity index (χ1) is 9.24. The molecule has 0 spiro atoms. The number of nitrogens with one attached hydrogen (secondary N) is 1. The Morgan fingerprint density at radius 1 is 1.37 bits per heavy atom. The molecular weight excluding hydrogens is 284 g/mol. The largest absolute Gasteiger partial charge is 0.440 e. The second kappa shape index (κ2) is 5.03. The predicted molar refractivity (Wildman–Crippen MR) is 74.5 cm³/mol. The molecule has 0 saturated heterocycles. The minimum absolute atomic E-state index is 0.203. The number of hydrogen-bond donors (Lipinski definition) is 1. The molecule has 6 heteroatoms. The molecule has 1 N–H and O–H groups in total. The summed E-state index contributed by atoms with van der Waals surface area (Å²) in [6, 6.07) is 8.93. The van der Waals surface area contributed by atoms with E-state index in [1.807, 2.05) is 18.2 Å². The first-order valence-corrected chi connectivity index (χ1v) is 6.84. The Labute approximate surface area is 118 Å². The molecule has 19 heavy (non-hydrogen) atoms. The maximum absolute atomic E-state index is 11.8. The summed E-state index contributed by atoms with van der Waals surface area (Å²) in [5, 5.41) is 3.00. The molecule has 0 unspecified atom stereocenters. The van der Waals surface area contributed by atoms with Gasteiger partial charge in [0.2, 0.25) is 0 Å². The van der Waals surface area contributed by atoms with Crippen molar-refractivity contribution in [1.29, 1.82) is 0 Å². The van der Waals surface area contributed by atoms with E-state index in [1.165, 1.54) is 0 Å². The molecular formula is C13H9ClN2O2S. The number of hydrogen-bond acceptors (Lipinski definition) is 4. The van der Waals surface area contributed by atoms with Gasteiger partial charge in [-0.2, -0.15) is 0 Å². The number of carbonyl (C=O) groups is 1. The Balaban J connectivity index is 1.76. The Kier molecular flexibility index (Phi) is 3.23. The predicted octanol–water partition coefficient (Wildman–Crippen LogP) is 3.47. The van der Waals surface area contributed by atoms with Gasteiger partial charge < -0.3 is 9.73 Å². The lowest BCUT2D eigenvalue weighted by Gasteiger charge is -2.04. The first kappa shape index (κ1) is 12.2. The van der Waals surface area contributed by atoms with E-state index in [2.05, 4.69) is 10.3 Å². The van der Waals surface area contributed by atoms with Gasteiger partial charge in [-0.25, -0.2) is 4.98 Å². The average molecular weight is 293 g/mol. The number of carbonyl (C=O) groups excluding carboxylic acids is 1. The third kappa shape index (κ3) is 2.47. The molecule has 4 nitrogen and oxygen atoms in total. The second-order valence-electron chi connectivity index (χ2n) is 3.90. The van der Waals surface area contributed by atoms with Crippen LogP contribution < -0.4 is 5.32 Å². The molecule has 2 heterocycles. The number of benzene rings is 1. The van der Waals surface area contributed by atoms with Crippen molar-refractivity contribution in [2.45, 2.75) is 6.54 Å². The number of furan rings is 1. The molecule has 0 radical (unpaired) electrons. The van der Waals surface area contributed by atoms with Crippen LogP contribution in [0, 0.1) is 0 Å². The molecule has 3 rings (SSSR count). The Bertz CT molecular complexity index is 735. The van der Waals surface area contributed by atoms with E-state index < -0.39 is 0 Å². The van der Waals surface area contributed by atoms with Crippen LogP contribution in [0.15, 0.2) is 40.3 Å². The number of thiazole rings is 1. The number of aromatic nitrogens is 1. The molecule has 1 amide bonds. The Hall–Kier alpha value is -1.85. The van der Waals surface area contributed by atoms with Crippen LogP contribution in [0.2, 0.25) is 5.22 Å². The molecule has 0 aliphatic heterocycles. The van der Waals surface area contributed by atoms with E-state index in [-0.39, 0.29) is 16.9 Å². The van der Waals surface area contributed by atoms with Gasteiger partial charge in [0.15, 0.2) is 11.0 Å². The fourth-order valence-electron chi connectivity index (χ4n) is 1.78. The molecule has 3 aromatic rings. The van der Waals surface area contributed by atoms with Gasteiger partial charge in [-0.1, -0.05) is 12.1 Å². The van der Waals surface area contributed by atoms with Crippen LogP contribution in [0.4, 0.5) is 0 Å². The van der Waals surface area contributed by atoms with Gasteiger partial charge in [0, 0.05) is 6.54 Å². The van der Waals surface area contributed by atoms with E-state index in [9.17, 15) is 4.79 Å². The highest BCUT2D eigenvalue weighted by Gasteiger charge is 2.11. The lowest BCUT2D eigenvalue weighted by Crippen LogP contribution is -2.22. The van der Waals surface area contributed by atoms with E-state index in [1.54, 1.807) is 29.0 Å². The maximum atomic E-state index is 11.8. The highest BCUT2D eigenvalue weighted by molar-refractivity contribution is 7.16. The molecule has 0 saturated carbocycles. The number of nitrogens with zero attached hydrogens (tertiary/aromatic N) is 1. The fraction of sp³-hybridized carbons (Fsp3) is 0.0769. The molecule has 2 aromatic heterocycles. The zero-order chi connectivity index (χ0) is 13.2. The van der Waals surface area contributed by atoms with Gasteiger partial charge in [-0.15, -0.1) is 11.3 Å². The fourth-order valence-corrected chi connectivity index (χ4v) is 2.73. The van der Waals surface area contributed by atoms with Crippen molar-refractivity contribution in [3.05, 3.63) is 52.4 Å². The quantitative estimate of drug-likeness (QED) is 0.804. The van der Waals surface area contributed by atoms with Crippen LogP contribution >= 0.6 is 22.9 Å². The number of rotatable bonds is 3. The zero-order valence-electron chi connectivity index (χ0n) is 9.72. The van der Waals surface area contributed by atoms with Crippen LogP contribution in [-0.2, 0) is 6.54 Å². The number of amides is 1. The molecule has 0 bridgehead atoms. The van der Waals surface area contributed by atoms with Crippen molar-refractivity contribution in [1.82, 2.24) is 10.3 Å². The maximum Gasteiger partial charge on any atom is 0.287 e. The minimum Gasteiger partial charge on any atom is -0.440 e. The summed E-state index contributed by atoms with van der Waals surface area (Å²) in [5.41, 5.74) is 3.77. The molecule has 0 aliphatic rings. The third-order valence-electron chi connectivity index (χ3n) is 2.67. The van der Waals surface area contributed by atoms with Gasteiger partial charge in [-0.3, -0.25) is 4.79 Å². The topological polar surface area (TPSA) is 55.1 Å². The first-order valence-electron chi connectivity index (χ1n) is 5.58. The van der Waals surface area contributed by atoms with Crippen molar-refractivity contribution < 1.29 is 9.21 Å². The highest BCUT2D eigenvalue weighted by Crippen LogP contribution is 2.22. The van der Waals surface area contributed by atoms with Gasteiger partial charge in [0.25, 0.3) is 5.91 Å². The number of halogens is 1. The SMILES string of the molecule is O=C(NCc1cccc2ncsc12)c1ccc(Cl)o1. The summed E-state index contributed by atoms with van der Waals surface area (Å²) in [6.07, 6.45) is 0. The summed E-state index contributed by atoms with van der Waals surface area (Å²) >= 11 is 7.19. The van der Waals surface area contributed by atoms with Gasteiger partial charge in [-0.05, 0) is 35.4 Å². The van der Waals surface area contributed by atoms with Crippen LogP contribution in [0.1, 0.15) is 16.1 Å². The van der Waals surface area contributed by atoms with Crippen LogP contribution in [0.25, 0.3) is 10.2 Å². The second-order valence-corrected chi connectivity index (χ2v) is 5.13. The summed E-state index contributed by atoms with van der Waals surface area (Å²) < 4.78 is 6.13. The Morgan fingerprint density at radius 3 is 3.05 bits per heavy atom. The Morgan fingerprint density at radius 2 is 2.26 bits per heavy atom. The highest BCUT2D eigenvalue weighted by atomic mass is 35.5. The van der Waals surface area contributed by atoms with Crippen LogP contribution in [-0.4, -0.2) is 10.9 Å². The van der Waals surface area contributed by atoms with Crippen LogP contribution in [0.3, 0.4) is 0 Å². The summed E-state index contributed by atoms with van der Waals surface area (Å²) in [6.45, 7) is 0.427. The summed E-state index contributed by atoms with van der Waals surface area (Å²) in [7, 11) is 0. The summed E-state index contributed by atoms with van der Waals surface area (Å²) in [5.74, 6) is -0.0742. The van der Waals surface area contributed by atoms with E-state index in [0.29, 0.717) is 6.54 Å². The van der Waals surface area contributed by atoms with E-state index >= 15 is 0 Å². The van der Waals surface area contributed by atoms with Crippen molar-refractivity contribution in [3.8, 4) is 0 Å². The molecule has 1 aromatic carbocycles. The number of fused-ring (bicyclic) bond motifs is 1. The standard InChI is InChI=1S/C13H9ClN2O2S/c14-11-5-4-10(18-11)13(17)15-6-8-2-1-3-9-12(8)19-7-16-9/h1-5,7H,6H2,(H,15,17). The van der Waals surface area contributed by atoms with E-state index in [4.69, 9.17) is 16.0 Å². The van der Waals surface area contributed by atoms with Crippen molar-refractivity contribution in [3.63, 3.8) is 0 Å². The molecule has 0 atom stereocenters. The smallest absolute Gasteiger partial charge is 0.287 e. The third-order valence-corrected chi connectivity index (χ3v) is 3.80. The molecule has 0 aliphatic carbocycles. The summed E-state index contributed by atoms with van der Waals surface area (Å²) in [4.78, 5) is 16.1.